The minimum absolute atomic E-state index is 0. The molecule has 0 atom stereocenters. The largest absolute Gasteiger partial charge is 0.492 e. The van der Waals surface area contributed by atoms with E-state index in [4.69, 9.17) is 4.74 Å². The van der Waals surface area contributed by atoms with Gasteiger partial charge in [-0.25, -0.2) is 0 Å². The average Bonchev–Trinajstić information content (AvgIpc) is 2.40. The quantitative estimate of drug-likeness (QED) is 0.884. The Bertz CT molecular complexity index is 372. The molecule has 1 aliphatic heterocycles. The third-order valence-electron chi connectivity index (χ3n) is 3.44. The van der Waals surface area contributed by atoms with E-state index in [-0.39, 0.29) is 12.4 Å². The second-order valence-electron chi connectivity index (χ2n) is 4.77. The van der Waals surface area contributed by atoms with Crippen LogP contribution >= 0.6 is 28.3 Å². The summed E-state index contributed by atoms with van der Waals surface area (Å²) in [6.45, 7) is 4.01. The first-order valence-corrected chi connectivity index (χ1v) is 7.34. The Morgan fingerprint density at radius 3 is 2.79 bits per heavy atom. The predicted molar refractivity (Wildman–Crippen MR) is 85.4 cm³/mol. The van der Waals surface area contributed by atoms with E-state index in [1.54, 1.807) is 0 Å². The van der Waals surface area contributed by atoms with E-state index in [1.165, 1.54) is 12.8 Å². The van der Waals surface area contributed by atoms with Gasteiger partial charge in [-0.2, -0.15) is 0 Å². The second kappa shape index (κ2) is 8.80. The molecular formula is C14H22BrClN2O. The van der Waals surface area contributed by atoms with E-state index in [0.29, 0.717) is 6.04 Å². The standard InChI is InChI=1S/C14H21BrN2O.ClH/c1-17(13-5-7-16-8-6-13)9-10-18-14-4-2-3-12(15)11-14;/h2-4,11,13,16H,5-10H2,1H3;1H. The molecule has 1 saturated heterocycles. The van der Waals surface area contributed by atoms with Crippen molar-refractivity contribution < 1.29 is 4.74 Å². The van der Waals surface area contributed by atoms with Crippen molar-refractivity contribution in [2.75, 3.05) is 33.3 Å². The van der Waals surface area contributed by atoms with Gasteiger partial charge in [-0.05, 0) is 51.2 Å². The van der Waals surface area contributed by atoms with Crippen molar-refractivity contribution >= 4 is 28.3 Å². The Labute approximate surface area is 130 Å². The van der Waals surface area contributed by atoms with Gasteiger partial charge >= 0.3 is 0 Å². The van der Waals surface area contributed by atoms with E-state index in [2.05, 4.69) is 33.2 Å². The Hall–Kier alpha value is -0.290. The number of nitrogens with one attached hydrogen (secondary N) is 1. The maximum atomic E-state index is 5.76. The summed E-state index contributed by atoms with van der Waals surface area (Å²) in [5.74, 6) is 0.933. The Kier molecular flexibility index (Phi) is 7.76. The van der Waals surface area contributed by atoms with Gasteiger partial charge in [0.2, 0.25) is 0 Å². The molecule has 108 valence electrons. The van der Waals surface area contributed by atoms with Crippen molar-refractivity contribution in [3.8, 4) is 5.75 Å². The lowest BCUT2D eigenvalue weighted by Crippen LogP contribution is -2.42. The van der Waals surface area contributed by atoms with Crippen LogP contribution in [-0.2, 0) is 0 Å². The summed E-state index contributed by atoms with van der Waals surface area (Å²) in [6.07, 6.45) is 2.49. The third kappa shape index (κ3) is 5.69. The first-order chi connectivity index (χ1) is 8.75. The van der Waals surface area contributed by atoms with Gasteiger partial charge in [0.1, 0.15) is 12.4 Å². The molecule has 19 heavy (non-hydrogen) atoms. The zero-order valence-electron chi connectivity index (χ0n) is 11.3. The van der Waals surface area contributed by atoms with Crippen molar-refractivity contribution in [1.29, 1.82) is 0 Å². The minimum atomic E-state index is 0. The molecular weight excluding hydrogens is 328 g/mol. The molecule has 3 nitrogen and oxygen atoms in total. The summed E-state index contributed by atoms with van der Waals surface area (Å²) < 4.78 is 6.82. The molecule has 1 aliphatic rings. The maximum Gasteiger partial charge on any atom is 0.120 e. The van der Waals surface area contributed by atoms with Crippen LogP contribution in [0, 0.1) is 0 Å². The van der Waals surface area contributed by atoms with Crippen LogP contribution in [0.3, 0.4) is 0 Å². The maximum absolute atomic E-state index is 5.76. The smallest absolute Gasteiger partial charge is 0.120 e. The highest BCUT2D eigenvalue weighted by molar-refractivity contribution is 9.10. The fourth-order valence-electron chi connectivity index (χ4n) is 2.29. The van der Waals surface area contributed by atoms with Crippen molar-refractivity contribution in [3.63, 3.8) is 0 Å². The molecule has 1 N–H and O–H groups in total. The molecule has 0 amide bonds. The first-order valence-electron chi connectivity index (χ1n) is 6.55. The number of halogens is 2. The molecule has 2 rings (SSSR count). The minimum Gasteiger partial charge on any atom is -0.492 e. The van der Waals surface area contributed by atoms with Crippen molar-refractivity contribution in [3.05, 3.63) is 28.7 Å². The highest BCUT2D eigenvalue weighted by atomic mass is 79.9. The Balaban J connectivity index is 0.00000180. The average molecular weight is 350 g/mol. The molecule has 0 aliphatic carbocycles. The number of hydrogen-bond acceptors (Lipinski definition) is 3. The van der Waals surface area contributed by atoms with Gasteiger partial charge in [-0.15, -0.1) is 12.4 Å². The first kappa shape index (κ1) is 16.8. The van der Waals surface area contributed by atoms with Crippen LogP contribution in [0.2, 0.25) is 0 Å². The lowest BCUT2D eigenvalue weighted by molar-refractivity contribution is 0.165. The zero-order chi connectivity index (χ0) is 12.8. The zero-order valence-corrected chi connectivity index (χ0v) is 13.7. The summed E-state index contributed by atoms with van der Waals surface area (Å²) >= 11 is 3.45. The number of hydrogen-bond donors (Lipinski definition) is 1. The number of nitrogens with zero attached hydrogens (tertiary/aromatic N) is 1. The van der Waals surface area contributed by atoms with E-state index >= 15 is 0 Å². The number of likely N-dealkylation sites (N-methyl/N-ethyl adjacent to an activating group) is 1. The summed E-state index contributed by atoms with van der Waals surface area (Å²) in [5.41, 5.74) is 0. The fraction of sp³-hybridized carbons (Fsp3) is 0.571. The lowest BCUT2D eigenvalue weighted by Gasteiger charge is -2.31. The summed E-state index contributed by atoms with van der Waals surface area (Å²) in [4.78, 5) is 2.42. The van der Waals surface area contributed by atoms with Gasteiger partial charge in [0, 0.05) is 17.1 Å². The topological polar surface area (TPSA) is 24.5 Å². The van der Waals surface area contributed by atoms with Crippen molar-refractivity contribution in [2.45, 2.75) is 18.9 Å². The number of ether oxygens (including phenoxy) is 1. The number of rotatable bonds is 5. The molecule has 0 spiro atoms. The van der Waals surface area contributed by atoms with Crippen LogP contribution in [-0.4, -0.2) is 44.2 Å². The van der Waals surface area contributed by atoms with Gasteiger partial charge in [0.15, 0.2) is 0 Å². The van der Waals surface area contributed by atoms with Gasteiger partial charge in [0.25, 0.3) is 0 Å². The normalized spacial score (nSPS) is 16.2. The molecule has 0 bridgehead atoms. The molecule has 0 unspecified atom stereocenters. The molecule has 1 fully saturated rings. The van der Waals surface area contributed by atoms with E-state index in [1.807, 2.05) is 24.3 Å². The van der Waals surface area contributed by atoms with E-state index in [9.17, 15) is 0 Å². The molecule has 1 heterocycles. The van der Waals surface area contributed by atoms with Crippen LogP contribution in [0.4, 0.5) is 0 Å². The molecule has 0 aromatic heterocycles. The van der Waals surface area contributed by atoms with Gasteiger partial charge in [-0.3, -0.25) is 4.90 Å². The van der Waals surface area contributed by atoms with E-state index in [0.717, 1.165) is 36.5 Å². The van der Waals surface area contributed by atoms with Gasteiger partial charge < -0.3 is 10.1 Å². The van der Waals surface area contributed by atoms with Gasteiger partial charge in [0.05, 0.1) is 0 Å². The van der Waals surface area contributed by atoms with Gasteiger partial charge in [-0.1, -0.05) is 22.0 Å². The predicted octanol–water partition coefficient (Wildman–Crippen LogP) is 2.93. The van der Waals surface area contributed by atoms with Crippen molar-refractivity contribution in [2.24, 2.45) is 0 Å². The Morgan fingerprint density at radius 2 is 2.11 bits per heavy atom. The van der Waals surface area contributed by atoms with Crippen molar-refractivity contribution in [1.82, 2.24) is 10.2 Å². The second-order valence-corrected chi connectivity index (χ2v) is 5.68. The SMILES string of the molecule is CN(CCOc1cccc(Br)c1)C1CCNCC1.Cl. The molecule has 5 heteroatoms. The Morgan fingerprint density at radius 1 is 1.37 bits per heavy atom. The van der Waals surface area contributed by atoms with Crippen LogP contribution in [0.1, 0.15) is 12.8 Å². The highest BCUT2D eigenvalue weighted by Crippen LogP contribution is 2.17. The number of benzene rings is 1. The molecule has 0 saturated carbocycles. The van der Waals surface area contributed by atoms with Crippen LogP contribution in [0.15, 0.2) is 28.7 Å². The highest BCUT2D eigenvalue weighted by Gasteiger charge is 2.17. The molecule has 0 radical (unpaired) electrons. The monoisotopic (exact) mass is 348 g/mol. The van der Waals surface area contributed by atoms with Crippen LogP contribution < -0.4 is 10.1 Å². The van der Waals surface area contributed by atoms with Crippen LogP contribution in [0.5, 0.6) is 5.75 Å². The summed E-state index contributed by atoms with van der Waals surface area (Å²) in [6, 6.07) is 8.71. The third-order valence-corrected chi connectivity index (χ3v) is 3.93. The van der Waals surface area contributed by atoms with E-state index < -0.39 is 0 Å². The number of piperidine rings is 1. The summed E-state index contributed by atoms with van der Waals surface area (Å²) in [5, 5.41) is 3.39. The fourth-order valence-corrected chi connectivity index (χ4v) is 2.67. The lowest BCUT2D eigenvalue weighted by atomic mass is 10.1. The summed E-state index contributed by atoms with van der Waals surface area (Å²) in [7, 11) is 2.19. The van der Waals surface area contributed by atoms with Crippen LogP contribution in [0.25, 0.3) is 0 Å². The molecule has 1 aromatic carbocycles. The molecule has 1 aromatic rings.